The van der Waals surface area contributed by atoms with Crippen molar-refractivity contribution in [3.8, 4) is 0 Å². The van der Waals surface area contributed by atoms with Gasteiger partial charge in [-0.1, -0.05) is 0 Å². The minimum Gasteiger partial charge on any atom is -0.386 e. The van der Waals surface area contributed by atoms with E-state index >= 15 is 0 Å². The summed E-state index contributed by atoms with van der Waals surface area (Å²) in [4.78, 5) is 0. The lowest BCUT2D eigenvalue weighted by Crippen LogP contribution is -2.52. The molecule has 1 aliphatic heterocycles. The number of likely N-dealkylation sites (N-methyl/N-ethyl adjacent to an activating group) is 1. The molecule has 0 radical (unpaired) electrons. The summed E-state index contributed by atoms with van der Waals surface area (Å²) in [6.07, 6.45) is -1.12. The predicted molar refractivity (Wildman–Crippen MR) is 40.0 cm³/mol. The van der Waals surface area contributed by atoms with E-state index in [1.165, 1.54) is 0 Å². The average Bonchev–Trinajstić information content (AvgIpc) is 1.96. The summed E-state index contributed by atoms with van der Waals surface area (Å²) in [5.74, 6) is 0. The molecular formula is C7H15NO3. The van der Waals surface area contributed by atoms with Crippen LogP contribution in [0.1, 0.15) is 13.3 Å². The molecule has 4 nitrogen and oxygen atoms in total. The zero-order valence-corrected chi connectivity index (χ0v) is 6.82. The molecule has 0 saturated carbocycles. The van der Waals surface area contributed by atoms with E-state index < -0.39 is 12.4 Å². The standard InChI is InChI=1S/C7H15NO3/c1-4-3-5(8-2)6(9)7(10)11-4/h4-10H,3H2,1-2H3. The van der Waals surface area contributed by atoms with Crippen molar-refractivity contribution < 1.29 is 14.9 Å². The molecule has 3 N–H and O–H groups in total. The van der Waals surface area contributed by atoms with Crippen molar-refractivity contribution in [1.82, 2.24) is 5.32 Å². The van der Waals surface area contributed by atoms with Gasteiger partial charge in [0.25, 0.3) is 0 Å². The Morgan fingerprint density at radius 3 is 2.64 bits per heavy atom. The molecule has 1 rings (SSSR count). The Bertz CT molecular complexity index is 131. The van der Waals surface area contributed by atoms with Gasteiger partial charge >= 0.3 is 0 Å². The van der Waals surface area contributed by atoms with Crippen molar-refractivity contribution in [3.05, 3.63) is 0 Å². The van der Waals surface area contributed by atoms with Crippen molar-refractivity contribution >= 4 is 0 Å². The maximum absolute atomic E-state index is 9.32. The Balaban J connectivity index is 2.51. The zero-order chi connectivity index (χ0) is 8.43. The highest BCUT2D eigenvalue weighted by molar-refractivity contribution is 4.83. The molecular weight excluding hydrogens is 146 g/mol. The molecule has 1 fully saturated rings. The van der Waals surface area contributed by atoms with Gasteiger partial charge in [-0.25, -0.2) is 0 Å². The predicted octanol–water partition coefficient (Wildman–Crippen LogP) is -0.938. The summed E-state index contributed by atoms with van der Waals surface area (Å²) >= 11 is 0. The Morgan fingerprint density at radius 2 is 2.09 bits per heavy atom. The molecule has 1 heterocycles. The molecule has 1 aliphatic rings. The molecule has 0 bridgehead atoms. The van der Waals surface area contributed by atoms with Gasteiger partial charge in [-0.2, -0.15) is 0 Å². The van der Waals surface area contributed by atoms with Crippen molar-refractivity contribution in [3.63, 3.8) is 0 Å². The van der Waals surface area contributed by atoms with E-state index in [-0.39, 0.29) is 12.1 Å². The molecule has 1 saturated heterocycles. The number of rotatable bonds is 1. The Hall–Kier alpha value is -0.160. The molecule has 66 valence electrons. The number of nitrogens with one attached hydrogen (secondary N) is 1. The van der Waals surface area contributed by atoms with Crippen LogP contribution < -0.4 is 5.32 Å². The highest BCUT2D eigenvalue weighted by atomic mass is 16.6. The van der Waals surface area contributed by atoms with Crippen molar-refractivity contribution in [2.45, 2.75) is 37.9 Å². The lowest BCUT2D eigenvalue weighted by Gasteiger charge is -2.35. The fourth-order valence-corrected chi connectivity index (χ4v) is 1.36. The van der Waals surface area contributed by atoms with E-state index in [2.05, 4.69) is 5.32 Å². The molecule has 4 unspecified atom stereocenters. The molecule has 4 heteroatoms. The second kappa shape index (κ2) is 3.49. The molecule has 0 spiro atoms. The minimum atomic E-state index is -1.05. The number of aliphatic hydroxyl groups is 2. The summed E-state index contributed by atoms with van der Waals surface area (Å²) in [7, 11) is 1.76. The van der Waals surface area contributed by atoms with Gasteiger partial charge in [-0.3, -0.25) is 0 Å². The van der Waals surface area contributed by atoms with E-state index in [9.17, 15) is 5.11 Å². The first kappa shape index (κ1) is 8.93. The van der Waals surface area contributed by atoms with E-state index in [4.69, 9.17) is 9.84 Å². The Labute approximate surface area is 66.2 Å². The average molecular weight is 161 g/mol. The summed E-state index contributed by atoms with van der Waals surface area (Å²) in [6.45, 7) is 1.87. The first-order valence-electron chi connectivity index (χ1n) is 3.84. The smallest absolute Gasteiger partial charge is 0.182 e. The maximum Gasteiger partial charge on any atom is 0.182 e. The molecule has 0 aromatic rings. The highest BCUT2D eigenvalue weighted by Crippen LogP contribution is 2.17. The van der Waals surface area contributed by atoms with Crippen LogP contribution in [0.3, 0.4) is 0 Å². The number of hydrogen-bond donors (Lipinski definition) is 3. The van der Waals surface area contributed by atoms with E-state index in [1.807, 2.05) is 6.92 Å². The number of aliphatic hydroxyl groups excluding tert-OH is 2. The van der Waals surface area contributed by atoms with E-state index in [1.54, 1.807) is 7.05 Å². The van der Waals surface area contributed by atoms with Crippen LogP contribution in [-0.2, 0) is 4.74 Å². The van der Waals surface area contributed by atoms with Crippen molar-refractivity contribution in [1.29, 1.82) is 0 Å². The molecule has 0 aliphatic carbocycles. The van der Waals surface area contributed by atoms with Crippen LogP contribution in [0.25, 0.3) is 0 Å². The molecule has 11 heavy (non-hydrogen) atoms. The summed E-state index contributed by atoms with van der Waals surface area (Å²) in [6, 6.07) is -0.0613. The van der Waals surface area contributed by atoms with Gasteiger partial charge in [-0.05, 0) is 20.4 Å². The monoisotopic (exact) mass is 161 g/mol. The lowest BCUT2D eigenvalue weighted by atomic mass is 10.0. The first-order valence-corrected chi connectivity index (χ1v) is 3.84. The van der Waals surface area contributed by atoms with Gasteiger partial charge < -0.3 is 20.3 Å². The van der Waals surface area contributed by atoms with Crippen LogP contribution in [0.2, 0.25) is 0 Å². The third-order valence-corrected chi connectivity index (χ3v) is 2.03. The molecule has 0 amide bonds. The van der Waals surface area contributed by atoms with Crippen LogP contribution >= 0.6 is 0 Å². The van der Waals surface area contributed by atoms with E-state index in [0.29, 0.717) is 0 Å². The lowest BCUT2D eigenvalue weighted by molar-refractivity contribution is -0.219. The summed E-state index contributed by atoms with van der Waals surface area (Å²) < 4.78 is 5.00. The largest absolute Gasteiger partial charge is 0.386 e. The topological polar surface area (TPSA) is 61.7 Å². The van der Waals surface area contributed by atoms with Crippen LogP contribution in [0.15, 0.2) is 0 Å². The van der Waals surface area contributed by atoms with Crippen molar-refractivity contribution in [2.24, 2.45) is 0 Å². The van der Waals surface area contributed by atoms with Gasteiger partial charge in [0.2, 0.25) is 0 Å². The van der Waals surface area contributed by atoms with Gasteiger partial charge in [0.05, 0.1) is 6.10 Å². The summed E-state index contributed by atoms with van der Waals surface area (Å²) in [5.41, 5.74) is 0. The molecule has 0 aromatic carbocycles. The van der Waals surface area contributed by atoms with Crippen molar-refractivity contribution in [2.75, 3.05) is 7.05 Å². The zero-order valence-electron chi connectivity index (χ0n) is 6.82. The van der Waals surface area contributed by atoms with Crippen LogP contribution in [-0.4, -0.2) is 41.8 Å². The quantitative estimate of drug-likeness (QED) is 0.464. The van der Waals surface area contributed by atoms with Crippen LogP contribution in [0.5, 0.6) is 0 Å². The first-order chi connectivity index (χ1) is 5.15. The van der Waals surface area contributed by atoms with Gasteiger partial charge in [0, 0.05) is 6.04 Å². The Kier molecular flexibility index (Phi) is 2.84. The molecule has 0 aromatic heterocycles. The minimum absolute atomic E-state index is 0.00542. The maximum atomic E-state index is 9.32. The fraction of sp³-hybridized carbons (Fsp3) is 1.00. The number of hydrogen-bond acceptors (Lipinski definition) is 4. The van der Waals surface area contributed by atoms with E-state index in [0.717, 1.165) is 6.42 Å². The third-order valence-electron chi connectivity index (χ3n) is 2.03. The third kappa shape index (κ3) is 1.90. The second-order valence-electron chi connectivity index (χ2n) is 2.96. The summed E-state index contributed by atoms with van der Waals surface area (Å²) in [5, 5.41) is 21.4. The van der Waals surface area contributed by atoms with Crippen LogP contribution in [0.4, 0.5) is 0 Å². The molecule has 4 atom stereocenters. The van der Waals surface area contributed by atoms with Gasteiger partial charge in [0.1, 0.15) is 6.10 Å². The van der Waals surface area contributed by atoms with Gasteiger partial charge in [0.15, 0.2) is 6.29 Å². The second-order valence-corrected chi connectivity index (χ2v) is 2.96. The Morgan fingerprint density at radius 1 is 1.45 bits per heavy atom. The SMILES string of the molecule is CNC1CC(C)OC(O)C1O. The normalized spacial score (nSPS) is 45.8. The fourth-order valence-electron chi connectivity index (χ4n) is 1.36. The highest BCUT2D eigenvalue weighted by Gasteiger charge is 2.33. The van der Waals surface area contributed by atoms with Gasteiger partial charge in [-0.15, -0.1) is 0 Å². The van der Waals surface area contributed by atoms with Crippen LogP contribution in [0, 0.1) is 0 Å². The number of ether oxygens (including phenoxy) is 1.